The summed E-state index contributed by atoms with van der Waals surface area (Å²) in [4.78, 5) is 18.7. The van der Waals surface area contributed by atoms with Crippen LogP contribution >= 0.6 is 39.1 Å². The molecule has 0 aliphatic carbocycles. The molecule has 3 rings (SSSR count). The Balaban J connectivity index is 2.04. The smallest absolute Gasteiger partial charge is 0.314 e. The van der Waals surface area contributed by atoms with Gasteiger partial charge in [-0.1, -0.05) is 40.0 Å². The number of nitriles is 1. The third kappa shape index (κ3) is 5.96. The highest BCUT2D eigenvalue weighted by Crippen LogP contribution is 2.50. The average Bonchev–Trinajstić information content (AvgIpc) is 3.26. The third-order valence-electron chi connectivity index (χ3n) is 5.38. The number of alkyl halides is 6. The number of nitrogens with zero attached hydrogens (tertiary/aromatic N) is 3. The van der Waals surface area contributed by atoms with Crippen LogP contribution in [0.1, 0.15) is 16.7 Å². The molecule has 0 aromatic heterocycles. The molecule has 2 aromatic rings. The molecule has 1 amide bonds. The van der Waals surface area contributed by atoms with Crippen LogP contribution in [0.4, 0.5) is 32.0 Å². The Morgan fingerprint density at radius 1 is 1.24 bits per heavy atom. The van der Waals surface area contributed by atoms with Crippen molar-refractivity contribution in [3.63, 3.8) is 0 Å². The lowest BCUT2D eigenvalue weighted by Gasteiger charge is -2.29. The lowest BCUT2D eigenvalue weighted by molar-refractivity contribution is -0.269. The molecule has 2 atom stereocenters. The van der Waals surface area contributed by atoms with Gasteiger partial charge < -0.3 is 4.90 Å². The van der Waals surface area contributed by atoms with E-state index >= 15 is 0 Å². The Morgan fingerprint density at radius 2 is 1.89 bits per heavy atom. The van der Waals surface area contributed by atoms with Gasteiger partial charge in [0, 0.05) is 22.6 Å². The number of carbonyl (C=O) groups excluding carboxylic acids is 1. The minimum absolute atomic E-state index is 0.0313. The van der Waals surface area contributed by atoms with Gasteiger partial charge in [0.1, 0.15) is 0 Å². The van der Waals surface area contributed by atoms with E-state index in [0.29, 0.717) is 22.3 Å². The van der Waals surface area contributed by atoms with Crippen molar-refractivity contribution in [2.24, 2.45) is 4.36 Å². The molecule has 2 unspecified atom stereocenters. The third-order valence-corrected chi connectivity index (χ3v) is 7.87. The highest BCUT2D eigenvalue weighted by atomic mass is 79.9. The quantitative estimate of drug-likeness (QED) is 0.277. The van der Waals surface area contributed by atoms with Crippen molar-refractivity contribution in [3.8, 4) is 6.19 Å². The first kappa shape index (κ1) is 30.2. The van der Waals surface area contributed by atoms with E-state index in [4.69, 9.17) is 33.3 Å². The summed E-state index contributed by atoms with van der Waals surface area (Å²) < 4.78 is 87.1. The van der Waals surface area contributed by atoms with E-state index in [1.54, 1.807) is 12.4 Å². The van der Waals surface area contributed by atoms with Gasteiger partial charge in [0.25, 0.3) is 0 Å². The van der Waals surface area contributed by atoms with Crippen molar-refractivity contribution in [1.82, 2.24) is 5.48 Å². The number of carbonyl (C=O) groups is 1. The molecule has 1 aliphatic heterocycles. The second kappa shape index (κ2) is 11.1. The molecule has 38 heavy (non-hydrogen) atoms. The minimum Gasteiger partial charge on any atom is -0.314 e. The summed E-state index contributed by atoms with van der Waals surface area (Å²) in [7, 11) is 0.645. The topological polar surface area (TPSA) is 77.7 Å². The first-order chi connectivity index (χ1) is 17.5. The van der Waals surface area contributed by atoms with E-state index in [1.165, 1.54) is 30.1 Å². The molecule has 0 fully saturated rings. The molecule has 1 N–H and O–H groups in total. The van der Waals surface area contributed by atoms with E-state index in [9.17, 15) is 31.1 Å². The van der Waals surface area contributed by atoms with E-state index in [-0.39, 0.29) is 29.0 Å². The van der Waals surface area contributed by atoms with E-state index < -0.39 is 49.8 Å². The SMILES string of the molecule is CN(C(=O)CS(C)=NC#N)c1ccc(C2=CC(c3cc(Cl)c(Cl)c(C(F)(F)F)c3)(C(F)(F)F)ON2)cc1Br. The van der Waals surface area contributed by atoms with Crippen molar-refractivity contribution in [2.45, 2.75) is 18.0 Å². The largest absolute Gasteiger partial charge is 0.428 e. The normalized spacial score (nSPS) is 18.5. The molecule has 0 spiro atoms. The maximum atomic E-state index is 14.3. The molecular formula is C22H15BrCl2F6N4O2S. The zero-order valence-electron chi connectivity index (χ0n) is 19.1. The maximum absolute atomic E-state index is 14.3. The van der Waals surface area contributed by atoms with Gasteiger partial charge in [-0.3, -0.25) is 15.1 Å². The van der Waals surface area contributed by atoms with Crippen LogP contribution < -0.4 is 10.4 Å². The maximum Gasteiger partial charge on any atom is 0.428 e. The Bertz CT molecular complexity index is 1390. The molecule has 1 aliphatic rings. The lowest BCUT2D eigenvalue weighted by Crippen LogP contribution is -2.42. The van der Waals surface area contributed by atoms with E-state index in [2.05, 4.69) is 25.8 Å². The van der Waals surface area contributed by atoms with Crippen LogP contribution in [0, 0.1) is 11.5 Å². The van der Waals surface area contributed by atoms with E-state index in [1.807, 2.05) is 0 Å². The minimum atomic E-state index is -5.21. The second-order valence-corrected chi connectivity index (χ2v) is 11.2. The fraction of sp³-hybridized carbons (Fsp3) is 0.273. The second-order valence-electron chi connectivity index (χ2n) is 7.87. The fourth-order valence-corrected chi connectivity index (χ4v) is 5.29. The van der Waals surface area contributed by atoms with Crippen LogP contribution in [0.2, 0.25) is 10.0 Å². The molecule has 0 saturated heterocycles. The van der Waals surface area contributed by atoms with Gasteiger partial charge in [-0.05, 0) is 52.5 Å². The fourth-order valence-electron chi connectivity index (χ4n) is 3.45. The number of nitrogens with one attached hydrogen (secondary N) is 1. The number of halogens is 9. The van der Waals surface area contributed by atoms with Gasteiger partial charge in [0.05, 0.1) is 32.7 Å². The highest BCUT2D eigenvalue weighted by molar-refractivity contribution is 9.10. The molecule has 0 saturated carbocycles. The summed E-state index contributed by atoms with van der Waals surface area (Å²) in [5.74, 6) is -0.391. The predicted octanol–water partition coefficient (Wildman–Crippen LogP) is 6.98. The summed E-state index contributed by atoms with van der Waals surface area (Å²) in [5, 5.41) is 6.95. The number of amides is 1. The van der Waals surface area contributed by atoms with Crippen molar-refractivity contribution in [3.05, 3.63) is 67.6 Å². The van der Waals surface area contributed by atoms with Crippen LogP contribution in [0.5, 0.6) is 0 Å². The van der Waals surface area contributed by atoms with Crippen molar-refractivity contribution < 1.29 is 36.0 Å². The summed E-state index contributed by atoms with van der Waals surface area (Å²) in [6.45, 7) is 0. The lowest BCUT2D eigenvalue weighted by atomic mass is 9.90. The summed E-state index contributed by atoms with van der Waals surface area (Å²) in [6.07, 6.45) is -6.45. The van der Waals surface area contributed by atoms with Crippen molar-refractivity contribution in [1.29, 1.82) is 5.26 Å². The zero-order valence-corrected chi connectivity index (χ0v) is 23.1. The number of hydrogen-bond acceptors (Lipinski definition) is 5. The van der Waals surface area contributed by atoms with Crippen molar-refractivity contribution >= 4 is 67.1 Å². The van der Waals surface area contributed by atoms with Gasteiger partial charge in [-0.25, -0.2) is 0 Å². The van der Waals surface area contributed by atoms with Gasteiger partial charge in [-0.15, -0.1) is 0 Å². The Kier molecular flexibility index (Phi) is 8.79. The number of anilines is 1. The molecule has 0 radical (unpaired) electrons. The predicted molar refractivity (Wildman–Crippen MR) is 135 cm³/mol. The summed E-state index contributed by atoms with van der Waals surface area (Å²) in [5.41, 5.74) is -3.34. The molecule has 16 heteroatoms. The zero-order chi connectivity index (χ0) is 28.6. The van der Waals surface area contributed by atoms with E-state index in [0.717, 1.165) is 0 Å². The molecule has 6 nitrogen and oxygen atoms in total. The monoisotopic (exact) mass is 662 g/mol. The van der Waals surface area contributed by atoms with Gasteiger partial charge in [0.2, 0.25) is 17.7 Å². The Labute approximate surface area is 233 Å². The van der Waals surface area contributed by atoms with Gasteiger partial charge in [-0.2, -0.15) is 36.0 Å². The Morgan fingerprint density at radius 3 is 2.45 bits per heavy atom. The van der Waals surface area contributed by atoms with Crippen LogP contribution in [0.15, 0.2) is 45.2 Å². The number of hydrogen-bond donors (Lipinski definition) is 1. The molecular weight excluding hydrogens is 649 g/mol. The van der Waals surface area contributed by atoms with Crippen molar-refractivity contribution in [2.75, 3.05) is 24.0 Å². The van der Waals surface area contributed by atoms with Gasteiger partial charge in [0.15, 0.2) is 0 Å². The number of rotatable bonds is 5. The number of benzene rings is 2. The van der Waals surface area contributed by atoms with Crippen LogP contribution in [-0.4, -0.2) is 31.1 Å². The summed E-state index contributed by atoms with van der Waals surface area (Å²) >= 11 is 14.6. The molecule has 204 valence electrons. The molecule has 2 aromatic carbocycles. The first-order valence-electron chi connectivity index (χ1n) is 10.1. The van der Waals surface area contributed by atoms with Crippen LogP contribution in [-0.2, 0) is 32.1 Å². The molecule has 0 bridgehead atoms. The highest BCUT2D eigenvalue weighted by Gasteiger charge is 2.60. The first-order valence-corrected chi connectivity index (χ1v) is 13.4. The molecule has 1 heterocycles. The van der Waals surface area contributed by atoms with Crippen LogP contribution in [0.3, 0.4) is 0 Å². The van der Waals surface area contributed by atoms with Crippen LogP contribution in [0.25, 0.3) is 5.70 Å². The standard InChI is InChI=1S/C22H15BrCl2F6N4O2S/c1-35(18(36)9-38(2)33-10-32)17-4-3-11(5-14(17)23)16-8-20(37-34-16,22(29,30)31)12-6-13(21(26,27)28)19(25)15(24)7-12/h3-8,34H,9H2,1-2H3. The average molecular weight is 664 g/mol. The summed E-state index contributed by atoms with van der Waals surface area (Å²) in [6, 6.07) is 5.13. The Hall–Kier alpha value is -2.31. The van der Waals surface area contributed by atoms with Gasteiger partial charge >= 0.3 is 12.4 Å². The number of hydroxylamine groups is 1.